The Labute approximate surface area is 330 Å². The Morgan fingerprint density at radius 3 is 1.75 bits per heavy atom. The number of furan rings is 1. The van der Waals surface area contributed by atoms with Crippen molar-refractivity contribution < 1.29 is 4.42 Å². The fraction of sp³-hybridized carbons (Fsp3) is 0. The van der Waals surface area contributed by atoms with Gasteiger partial charge in [0.05, 0.1) is 16.1 Å². The van der Waals surface area contributed by atoms with Crippen molar-refractivity contribution in [3.63, 3.8) is 0 Å². The first-order valence-corrected chi connectivity index (χ1v) is 20.5. The van der Waals surface area contributed by atoms with Crippen LogP contribution in [0.1, 0.15) is 0 Å². The molecule has 0 unspecified atom stereocenters. The lowest BCUT2D eigenvalue weighted by atomic mass is 9.96. The van der Waals surface area contributed by atoms with Crippen molar-refractivity contribution in [2.45, 2.75) is 0 Å². The second kappa shape index (κ2) is 12.4. The molecule has 56 heavy (non-hydrogen) atoms. The first kappa shape index (κ1) is 31.6. The Bertz CT molecular complexity index is 3500. The molecule has 0 N–H and O–H groups in total. The summed E-state index contributed by atoms with van der Waals surface area (Å²) in [6.45, 7) is 0. The number of benzene rings is 9. The lowest BCUT2D eigenvalue weighted by molar-refractivity contribution is 0.669. The molecular weight excluding hydrogens is 719 g/mol. The Hall–Kier alpha value is -6.72. The van der Waals surface area contributed by atoms with Crippen LogP contribution in [-0.4, -0.2) is 0 Å². The van der Waals surface area contributed by atoms with Crippen molar-refractivity contribution in [3.8, 4) is 22.3 Å². The average Bonchev–Trinajstić information content (AvgIpc) is 3.95. The predicted molar refractivity (Wildman–Crippen MR) is 243 cm³/mol. The van der Waals surface area contributed by atoms with E-state index in [1.54, 1.807) is 0 Å². The SMILES string of the molecule is c1ccc(N(c2ccc(-c3cccc4c3sc3ccccc34)cc2)c2cccc3c2sc2ccccc23)c(-c2cccc3oc4cc5ccccc5cc4c23)c1. The summed E-state index contributed by atoms with van der Waals surface area (Å²) in [7, 11) is 0. The Morgan fingerprint density at radius 2 is 0.946 bits per heavy atom. The van der Waals surface area contributed by atoms with Gasteiger partial charge in [0.25, 0.3) is 0 Å². The summed E-state index contributed by atoms with van der Waals surface area (Å²) in [6.07, 6.45) is 0. The molecule has 0 atom stereocenters. The second-order valence-electron chi connectivity index (χ2n) is 14.4. The van der Waals surface area contributed by atoms with E-state index in [2.05, 4.69) is 193 Å². The summed E-state index contributed by atoms with van der Waals surface area (Å²) < 4.78 is 11.8. The second-order valence-corrected chi connectivity index (χ2v) is 16.5. The fourth-order valence-corrected chi connectivity index (χ4v) is 11.2. The third-order valence-corrected chi connectivity index (χ3v) is 13.7. The van der Waals surface area contributed by atoms with Gasteiger partial charge in [-0.2, -0.15) is 0 Å². The molecule has 0 radical (unpaired) electrons. The molecule has 0 bridgehead atoms. The van der Waals surface area contributed by atoms with E-state index < -0.39 is 0 Å². The molecular formula is C52H31NOS2. The van der Waals surface area contributed by atoms with Gasteiger partial charge in [0.15, 0.2) is 0 Å². The molecule has 0 spiro atoms. The first-order chi connectivity index (χ1) is 27.8. The number of para-hydroxylation sites is 1. The first-order valence-electron chi connectivity index (χ1n) is 18.9. The Morgan fingerprint density at radius 1 is 0.375 bits per heavy atom. The quantitative estimate of drug-likeness (QED) is 0.174. The topological polar surface area (TPSA) is 16.4 Å². The maximum absolute atomic E-state index is 6.58. The van der Waals surface area contributed by atoms with Crippen LogP contribution in [0.4, 0.5) is 17.1 Å². The zero-order valence-electron chi connectivity index (χ0n) is 30.1. The highest BCUT2D eigenvalue weighted by atomic mass is 32.1. The maximum atomic E-state index is 6.58. The molecule has 0 aliphatic heterocycles. The summed E-state index contributed by atoms with van der Waals surface area (Å²) in [5.74, 6) is 0. The molecule has 0 aliphatic carbocycles. The molecule has 0 fully saturated rings. The van der Waals surface area contributed by atoms with E-state index >= 15 is 0 Å². The summed E-state index contributed by atoms with van der Waals surface area (Å²) >= 11 is 3.74. The van der Waals surface area contributed by atoms with Crippen LogP contribution >= 0.6 is 22.7 Å². The number of anilines is 3. The Balaban J connectivity index is 1.09. The minimum absolute atomic E-state index is 0.889. The largest absolute Gasteiger partial charge is 0.456 e. The maximum Gasteiger partial charge on any atom is 0.136 e. The van der Waals surface area contributed by atoms with E-state index in [-0.39, 0.29) is 0 Å². The van der Waals surface area contributed by atoms with Crippen LogP contribution in [0, 0.1) is 0 Å². The molecule has 9 aromatic carbocycles. The van der Waals surface area contributed by atoms with Gasteiger partial charge in [-0.05, 0) is 82.1 Å². The molecule has 12 aromatic rings. The van der Waals surface area contributed by atoms with Crippen LogP contribution in [0.3, 0.4) is 0 Å². The van der Waals surface area contributed by atoms with Crippen LogP contribution in [-0.2, 0) is 0 Å². The van der Waals surface area contributed by atoms with Crippen molar-refractivity contribution in [3.05, 3.63) is 188 Å². The fourth-order valence-electron chi connectivity index (χ4n) is 8.71. The average molecular weight is 750 g/mol. The standard InChI is InChI=1S/C52H31NOS2/c1-2-13-34-31-47-43(30-33(34)12-1)50-40(18-11-23-46(50)54-47)37-14-3-6-21-44(37)53(45-22-10-20-42-39-16-5-8-25-49(39)56-52(42)45)35-28-26-32(27-29-35)36-17-9-19-41-38-15-4-7-24-48(38)55-51(36)41/h1-31H. The van der Waals surface area contributed by atoms with E-state index in [4.69, 9.17) is 4.42 Å². The summed E-state index contributed by atoms with van der Waals surface area (Å²) in [6, 6.07) is 68.4. The summed E-state index contributed by atoms with van der Waals surface area (Å²) in [5.41, 5.74) is 9.93. The van der Waals surface area contributed by atoms with Gasteiger partial charge in [-0.3, -0.25) is 0 Å². The number of fused-ring (bicyclic) bond motifs is 10. The lowest BCUT2D eigenvalue weighted by Gasteiger charge is -2.28. The number of hydrogen-bond donors (Lipinski definition) is 0. The molecule has 0 saturated carbocycles. The van der Waals surface area contributed by atoms with Crippen molar-refractivity contribution in [2.24, 2.45) is 0 Å². The highest BCUT2D eigenvalue weighted by molar-refractivity contribution is 7.26. The molecule has 12 rings (SSSR count). The van der Waals surface area contributed by atoms with E-state index in [9.17, 15) is 0 Å². The van der Waals surface area contributed by atoms with Crippen LogP contribution in [0.15, 0.2) is 192 Å². The third kappa shape index (κ3) is 4.80. The minimum atomic E-state index is 0.889. The minimum Gasteiger partial charge on any atom is -0.456 e. The van der Waals surface area contributed by atoms with E-state index in [1.807, 2.05) is 22.7 Å². The number of thiophene rings is 2. The molecule has 0 amide bonds. The molecule has 2 nitrogen and oxygen atoms in total. The van der Waals surface area contributed by atoms with Crippen LogP contribution in [0.2, 0.25) is 0 Å². The highest BCUT2D eigenvalue weighted by Gasteiger charge is 2.23. The van der Waals surface area contributed by atoms with E-state index in [0.29, 0.717) is 0 Å². The van der Waals surface area contributed by atoms with Gasteiger partial charge >= 0.3 is 0 Å². The smallest absolute Gasteiger partial charge is 0.136 e. The zero-order valence-corrected chi connectivity index (χ0v) is 31.7. The number of nitrogens with zero attached hydrogens (tertiary/aromatic N) is 1. The summed E-state index contributed by atoms with van der Waals surface area (Å²) in [5, 5.41) is 9.83. The van der Waals surface area contributed by atoms with Crippen molar-refractivity contribution >= 4 is 113 Å². The van der Waals surface area contributed by atoms with Gasteiger partial charge in [0.1, 0.15) is 11.2 Å². The molecule has 0 aliphatic rings. The monoisotopic (exact) mass is 749 g/mol. The van der Waals surface area contributed by atoms with Crippen molar-refractivity contribution in [1.82, 2.24) is 0 Å². The molecule has 4 heteroatoms. The van der Waals surface area contributed by atoms with Gasteiger partial charge < -0.3 is 9.32 Å². The number of hydrogen-bond acceptors (Lipinski definition) is 4. The van der Waals surface area contributed by atoms with Crippen LogP contribution < -0.4 is 4.90 Å². The van der Waals surface area contributed by atoms with Crippen LogP contribution in [0.5, 0.6) is 0 Å². The number of rotatable bonds is 5. The summed E-state index contributed by atoms with van der Waals surface area (Å²) in [4.78, 5) is 2.47. The van der Waals surface area contributed by atoms with Gasteiger partial charge in [0, 0.05) is 57.7 Å². The predicted octanol–water partition coefficient (Wildman–Crippen LogP) is 16.3. The van der Waals surface area contributed by atoms with E-state index in [1.165, 1.54) is 62.2 Å². The van der Waals surface area contributed by atoms with Gasteiger partial charge in [-0.25, -0.2) is 0 Å². The molecule has 262 valence electrons. The lowest BCUT2D eigenvalue weighted by Crippen LogP contribution is -2.11. The molecule has 0 saturated heterocycles. The molecule has 3 heterocycles. The van der Waals surface area contributed by atoms with Crippen molar-refractivity contribution in [2.75, 3.05) is 4.90 Å². The third-order valence-electron chi connectivity index (χ3n) is 11.3. The van der Waals surface area contributed by atoms with Gasteiger partial charge in [-0.1, -0.05) is 133 Å². The zero-order chi connectivity index (χ0) is 36.7. The van der Waals surface area contributed by atoms with Gasteiger partial charge in [0.2, 0.25) is 0 Å². The van der Waals surface area contributed by atoms with E-state index in [0.717, 1.165) is 50.1 Å². The highest BCUT2D eigenvalue weighted by Crippen LogP contribution is 2.49. The molecule has 3 aromatic heterocycles. The van der Waals surface area contributed by atoms with Crippen molar-refractivity contribution in [1.29, 1.82) is 0 Å². The Kier molecular flexibility index (Phi) is 7.00. The normalized spacial score (nSPS) is 11.9. The van der Waals surface area contributed by atoms with Gasteiger partial charge in [-0.15, -0.1) is 22.7 Å². The van der Waals surface area contributed by atoms with Crippen LogP contribution in [0.25, 0.3) is 95.3 Å².